The monoisotopic (exact) mass is 458 g/mol. The zero-order valence-corrected chi connectivity index (χ0v) is 20.8. The van der Waals surface area contributed by atoms with Crippen LogP contribution in [0.1, 0.15) is 54.4 Å². The lowest BCUT2D eigenvalue weighted by Crippen LogP contribution is -2.57. The van der Waals surface area contributed by atoms with Gasteiger partial charge in [-0.3, -0.25) is 0 Å². The van der Waals surface area contributed by atoms with Crippen LogP contribution in [0.4, 0.5) is 0 Å². The van der Waals surface area contributed by atoms with Crippen LogP contribution in [-0.4, -0.2) is 99.4 Å². The normalized spacial score (nSPS) is 37.4. The van der Waals surface area contributed by atoms with Gasteiger partial charge in [-0.25, -0.2) is 0 Å². The van der Waals surface area contributed by atoms with Crippen molar-refractivity contribution in [2.45, 2.75) is 96.7 Å². The molecule has 0 bridgehead atoms. The molecule has 0 aromatic heterocycles. The zero-order valence-electron chi connectivity index (χ0n) is 20.8. The summed E-state index contributed by atoms with van der Waals surface area (Å²) in [6, 6.07) is 0. The predicted molar refractivity (Wildman–Crippen MR) is 118 cm³/mol. The van der Waals surface area contributed by atoms with Crippen molar-refractivity contribution in [3.05, 3.63) is 0 Å². The van der Waals surface area contributed by atoms with E-state index in [1.54, 1.807) is 0 Å². The Labute approximate surface area is 193 Å². The van der Waals surface area contributed by atoms with Gasteiger partial charge in [0.1, 0.15) is 37.5 Å². The molecule has 0 amide bonds. The second kappa shape index (κ2) is 9.74. The molecular formula is C24H44NO7+. The molecule has 0 aromatic rings. The molecule has 4 fully saturated rings. The van der Waals surface area contributed by atoms with E-state index in [0.717, 1.165) is 49.7 Å². The number of rotatable bonds is 9. The summed E-state index contributed by atoms with van der Waals surface area (Å²) in [6.07, 6.45) is 0.835. The maximum absolute atomic E-state index is 6.24. The number of hydrogen-bond acceptors (Lipinski definition) is 7. The average molecular weight is 459 g/mol. The third-order valence-electron chi connectivity index (χ3n) is 7.05. The number of nitrogens with zero attached hydrogens (tertiary/aromatic N) is 1. The summed E-state index contributed by atoms with van der Waals surface area (Å²) in [7, 11) is 0. The number of quaternary nitrogens is 1. The molecule has 0 radical (unpaired) electrons. The Balaban J connectivity index is 1.28. The Morgan fingerprint density at radius 2 is 1.53 bits per heavy atom. The minimum Gasteiger partial charge on any atom is -0.378 e. The standard InChI is InChI=1S/C24H44NO7/c1-17(2)8-10-25(11-14-26-15-12-25)9-7-13-27-16-18-19-20(30-23(3,4)29-19)21-22(28-18)32-24(5,6)31-21/h17-22H,7-16H2,1-6H3/q+1. The summed E-state index contributed by atoms with van der Waals surface area (Å²) >= 11 is 0. The first-order valence-corrected chi connectivity index (χ1v) is 12.5. The molecule has 0 aliphatic carbocycles. The van der Waals surface area contributed by atoms with Crippen molar-refractivity contribution in [3.63, 3.8) is 0 Å². The summed E-state index contributed by atoms with van der Waals surface area (Å²) in [6.45, 7) is 19.8. The number of hydrogen-bond donors (Lipinski definition) is 0. The van der Waals surface area contributed by atoms with Crippen molar-refractivity contribution < 1.29 is 37.6 Å². The van der Waals surface area contributed by atoms with Gasteiger partial charge >= 0.3 is 0 Å². The molecule has 32 heavy (non-hydrogen) atoms. The molecule has 186 valence electrons. The van der Waals surface area contributed by atoms with Gasteiger partial charge in [0.25, 0.3) is 0 Å². The summed E-state index contributed by atoms with van der Waals surface area (Å²) in [5, 5.41) is 0. The van der Waals surface area contributed by atoms with E-state index in [0.29, 0.717) is 13.2 Å². The quantitative estimate of drug-likeness (QED) is 0.389. The summed E-state index contributed by atoms with van der Waals surface area (Å²) in [5.74, 6) is -0.642. The van der Waals surface area contributed by atoms with E-state index in [9.17, 15) is 0 Å². The highest BCUT2D eigenvalue weighted by atomic mass is 16.9. The molecule has 5 atom stereocenters. The Bertz CT molecular complexity index is 619. The Morgan fingerprint density at radius 1 is 0.875 bits per heavy atom. The van der Waals surface area contributed by atoms with E-state index in [1.807, 2.05) is 27.7 Å². The molecule has 0 aromatic carbocycles. The third kappa shape index (κ3) is 5.84. The SMILES string of the molecule is CC(C)CC[N+]1(CCCOCC2OC3OC(C)(C)OC3C3OC(C)(C)OC23)CCOCC1. The summed E-state index contributed by atoms with van der Waals surface area (Å²) in [4.78, 5) is 0. The van der Waals surface area contributed by atoms with Crippen LogP contribution in [0.15, 0.2) is 0 Å². The van der Waals surface area contributed by atoms with Crippen LogP contribution >= 0.6 is 0 Å². The van der Waals surface area contributed by atoms with Crippen LogP contribution in [0.25, 0.3) is 0 Å². The van der Waals surface area contributed by atoms with Crippen LogP contribution in [0.5, 0.6) is 0 Å². The van der Waals surface area contributed by atoms with Gasteiger partial charge in [-0.15, -0.1) is 0 Å². The van der Waals surface area contributed by atoms with E-state index in [4.69, 9.17) is 33.2 Å². The maximum atomic E-state index is 6.24. The van der Waals surface area contributed by atoms with Gasteiger partial charge in [-0.2, -0.15) is 0 Å². The lowest BCUT2D eigenvalue weighted by atomic mass is 9.99. The molecule has 5 unspecified atom stereocenters. The van der Waals surface area contributed by atoms with Crippen LogP contribution < -0.4 is 0 Å². The van der Waals surface area contributed by atoms with E-state index in [2.05, 4.69) is 13.8 Å². The number of morpholine rings is 1. The first-order valence-electron chi connectivity index (χ1n) is 12.5. The molecule has 4 rings (SSSR count). The molecule has 4 heterocycles. The lowest BCUT2D eigenvalue weighted by molar-refractivity contribution is -0.935. The molecule has 8 nitrogen and oxygen atoms in total. The van der Waals surface area contributed by atoms with Crippen LogP contribution in [0.2, 0.25) is 0 Å². The van der Waals surface area contributed by atoms with Gasteiger partial charge in [0, 0.05) is 6.42 Å². The minimum absolute atomic E-state index is 0.225. The van der Waals surface area contributed by atoms with Gasteiger partial charge in [0.05, 0.1) is 39.5 Å². The van der Waals surface area contributed by atoms with Crippen LogP contribution in [-0.2, 0) is 33.2 Å². The van der Waals surface area contributed by atoms with Crippen molar-refractivity contribution in [2.24, 2.45) is 5.92 Å². The minimum atomic E-state index is -0.697. The van der Waals surface area contributed by atoms with E-state index >= 15 is 0 Å². The topological polar surface area (TPSA) is 64.6 Å². The van der Waals surface area contributed by atoms with Gasteiger partial charge in [-0.1, -0.05) is 13.8 Å². The number of ether oxygens (including phenoxy) is 7. The highest BCUT2D eigenvalue weighted by Gasteiger charge is 2.60. The molecule has 4 aliphatic heterocycles. The molecule has 4 saturated heterocycles. The third-order valence-corrected chi connectivity index (χ3v) is 7.05. The first-order chi connectivity index (χ1) is 15.1. The van der Waals surface area contributed by atoms with E-state index in [1.165, 1.54) is 13.0 Å². The van der Waals surface area contributed by atoms with E-state index < -0.39 is 17.9 Å². The molecule has 8 heteroatoms. The largest absolute Gasteiger partial charge is 0.378 e. The molecule has 4 aliphatic rings. The molecule has 0 saturated carbocycles. The predicted octanol–water partition coefficient (Wildman–Crippen LogP) is 2.68. The fraction of sp³-hybridized carbons (Fsp3) is 1.00. The lowest BCUT2D eigenvalue weighted by Gasteiger charge is -2.42. The molecule has 0 N–H and O–H groups in total. The highest BCUT2D eigenvalue weighted by Crippen LogP contribution is 2.44. The van der Waals surface area contributed by atoms with Crippen molar-refractivity contribution >= 4 is 0 Å². The van der Waals surface area contributed by atoms with Gasteiger partial charge < -0.3 is 37.6 Å². The second-order valence-electron chi connectivity index (χ2n) is 11.2. The zero-order chi connectivity index (χ0) is 23.0. The second-order valence-corrected chi connectivity index (χ2v) is 11.2. The van der Waals surface area contributed by atoms with E-state index in [-0.39, 0.29) is 24.4 Å². The smallest absolute Gasteiger partial charge is 0.190 e. The van der Waals surface area contributed by atoms with Crippen molar-refractivity contribution in [1.82, 2.24) is 0 Å². The fourth-order valence-corrected chi connectivity index (χ4v) is 5.35. The fourth-order valence-electron chi connectivity index (χ4n) is 5.35. The summed E-state index contributed by atoms with van der Waals surface area (Å²) in [5.41, 5.74) is 0. The Morgan fingerprint density at radius 3 is 2.25 bits per heavy atom. The Kier molecular flexibility index (Phi) is 7.55. The van der Waals surface area contributed by atoms with Crippen molar-refractivity contribution in [1.29, 1.82) is 0 Å². The average Bonchev–Trinajstić information content (AvgIpc) is 3.21. The highest BCUT2D eigenvalue weighted by molar-refractivity contribution is 5.00. The van der Waals surface area contributed by atoms with Gasteiger partial charge in [-0.05, 0) is 40.0 Å². The summed E-state index contributed by atoms with van der Waals surface area (Å²) < 4.78 is 43.5. The molecule has 0 spiro atoms. The van der Waals surface area contributed by atoms with Crippen LogP contribution in [0.3, 0.4) is 0 Å². The van der Waals surface area contributed by atoms with Crippen molar-refractivity contribution in [3.8, 4) is 0 Å². The Hall–Kier alpha value is -0.320. The first kappa shape index (κ1) is 24.8. The maximum Gasteiger partial charge on any atom is 0.190 e. The molecular weight excluding hydrogens is 414 g/mol. The van der Waals surface area contributed by atoms with Crippen molar-refractivity contribution in [2.75, 3.05) is 52.6 Å². The van der Waals surface area contributed by atoms with Gasteiger partial charge in [0.15, 0.2) is 17.9 Å². The van der Waals surface area contributed by atoms with Crippen LogP contribution in [0, 0.1) is 5.92 Å². The number of fused-ring (bicyclic) bond motifs is 3. The van der Waals surface area contributed by atoms with Gasteiger partial charge in [0.2, 0.25) is 0 Å².